The third-order valence-corrected chi connectivity index (χ3v) is 8.04. The van der Waals surface area contributed by atoms with Crippen LogP contribution in [0.4, 0.5) is 0 Å². The Morgan fingerprint density at radius 1 is 1.33 bits per heavy atom. The van der Waals surface area contributed by atoms with Crippen LogP contribution in [0.2, 0.25) is 0 Å². The fraction of sp³-hybridized carbons (Fsp3) is 0.652. The molecular weight excluding hydrogens is 382 g/mol. The molecule has 4 atom stereocenters. The molecule has 1 aromatic rings. The molecule has 2 amide bonds. The summed E-state index contributed by atoms with van der Waals surface area (Å²) in [6.45, 7) is 1.81. The summed E-state index contributed by atoms with van der Waals surface area (Å²) in [4.78, 5) is 26.5. The van der Waals surface area contributed by atoms with Gasteiger partial charge in [-0.2, -0.15) is 0 Å². The van der Waals surface area contributed by atoms with Crippen LogP contribution in [0.5, 0.6) is 5.75 Å². The molecule has 1 aliphatic heterocycles. The number of likely N-dealkylation sites (tertiary alicyclic amines) is 1. The number of primary amides is 1. The Hall–Kier alpha value is -2.12. The molecule has 4 N–H and O–H groups in total. The second-order valence-corrected chi connectivity index (χ2v) is 9.73. The van der Waals surface area contributed by atoms with Crippen molar-refractivity contribution in [2.75, 3.05) is 26.7 Å². The molecule has 0 spiro atoms. The lowest BCUT2D eigenvalue weighted by Crippen LogP contribution is -2.69. The molecule has 1 aromatic carbocycles. The van der Waals surface area contributed by atoms with E-state index in [1.54, 1.807) is 7.11 Å². The van der Waals surface area contributed by atoms with Gasteiger partial charge in [0.1, 0.15) is 5.75 Å². The summed E-state index contributed by atoms with van der Waals surface area (Å²) < 4.78 is 5.49. The molecule has 3 fully saturated rings. The number of hydrogen-bond donors (Lipinski definition) is 3. The number of rotatable bonds is 6. The molecule has 2 bridgehead atoms. The van der Waals surface area contributed by atoms with Gasteiger partial charge in [-0.1, -0.05) is 6.07 Å². The van der Waals surface area contributed by atoms with Crippen LogP contribution in [0.3, 0.4) is 0 Å². The number of fused-ring (bicyclic) bond motifs is 1. The Labute approximate surface area is 176 Å². The summed E-state index contributed by atoms with van der Waals surface area (Å²) in [6, 6.07) is 6.20. The largest absolute Gasteiger partial charge is 0.497 e. The average Bonchev–Trinajstić information content (AvgIpc) is 3.47. The number of amides is 2. The standard InChI is InChI=1S/C23H31N3O4/c1-30-17-5-4-15-8-19-23(29)11-16(21(28)25-12-20(24)27)10-22(23,18(15)9-17)6-7-26(19)13-14-2-3-14/h4-5,9,14,16,19,29H,2-3,6-8,10-13H2,1H3,(H2,24,27)(H,25,28)/t16-,19-,22-,23-/m1/s1. The molecule has 0 radical (unpaired) electrons. The van der Waals surface area contributed by atoms with E-state index < -0.39 is 16.9 Å². The minimum Gasteiger partial charge on any atom is -0.497 e. The van der Waals surface area contributed by atoms with Gasteiger partial charge < -0.3 is 20.9 Å². The summed E-state index contributed by atoms with van der Waals surface area (Å²) in [5.74, 6) is 0.449. The summed E-state index contributed by atoms with van der Waals surface area (Å²) in [5.41, 5.74) is 6.17. The summed E-state index contributed by atoms with van der Waals surface area (Å²) in [5, 5.41) is 14.9. The van der Waals surface area contributed by atoms with E-state index >= 15 is 0 Å². The van der Waals surface area contributed by atoms with Gasteiger partial charge >= 0.3 is 0 Å². The normalized spacial score (nSPS) is 34.7. The number of benzene rings is 1. The second kappa shape index (κ2) is 6.95. The first-order chi connectivity index (χ1) is 14.4. The first-order valence-electron chi connectivity index (χ1n) is 11.1. The van der Waals surface area contributed by atoms with E-state index in [-0.39, 0.29) is 24.4 Å². The quantitative estimate of drug-likeness (QED) is 0.637. The summed E-state index contributed by atoms with van der Waals surface area (Å²) >= 11 is 0. The maximum absolute atomic E-state index is 12.9. The Bertz CT molecular complexity index is 885. The predicted molar refractivity (Wildman–Crippen MR) is 111 cm³/mol. The molecule has 30 heavy (non-hydrogen) atoms. The molecule has 0 aromatic heterocycles. The maximum atomic E-state index is 12.9. The van der Waals surface area contributed by atoms with Gasteiger partial charge in [-0.3, -0.25) is 14.5 Å². The first-order valence-corrected chi connectivity index (χ1v) is 11.1. The van der Waals surface area contributed by atoms with Crippen molar-refractivity contribution >= 4 is 11.8 Å². The molecular formula is C23H31N3O4. The van der Waals surface area contributed by atoms with Gasteiger partial charge in [0.2, 0.25) is 11.8 Å². The molecule has 5 rings (SSSR count). The number of aliphatic hydroxyl groups is 1. The van der Waals surface area contributed by atoms with Crippen LogP contribution in [0.1, 0.15) is 43.2 Å². The number of hydrogen-bond acceptors (Lipinski definition) is 5. The highest BCUT2D eigenvalue weighted by molar-refractivity contribution is 5.85. The van der Waals surface area contributed by atoms with Gasteiger partial charge in [0.05, 0.1) is 19.3 Å². The van der Waals surface area contributed by atoms with Crippen LogP contribution in [0, 0.1) is 11.8 Å². The van der Waals surface area contributed by atoms with Crippen molar-refractivity contribution in [2.24, 2.45) is 17.6 Å². The number of nitrogens with zero attached hydrogens (tertiary/aromatic N) is 1. The van der Waals surface area contributed by atoms with Gasteiger partial charge in [-0.05, 0) is 74.2 Å². The number of methoxy groups -OCH3 is 1. The van der Waals surface area contributed by atoms with Crippen molar-refractivity contribution in [1.29, 1.82) is 0 Å². The summed E-state index contributed by atoms with van der Waals surface area (Å²) in [6.07, 6.45) is 5.17. The van der Waals surface area contributed by atoms with E-state index in [2.05, 4.69) is 22.3 Å². The number of nitrogens with one attached hydrogen (secondary N) is 1. The van der Waals surface area contributed by atoms with Crippen molar-refractivity contribution < 1.29 is 19.4 Å². The van der Waals surface area contributed by atoms with E-state index in [4.69, 9.17) is 10.5 Å². The Morgan fingerprint density at radius 2 is 2.13 bits per heavy atom. The smallest absolute Gasteiger partial charge is 0.236 e. The van der Waals surface area contributed by atoms with Crippen LogP contribution in [0.25, 0.3) is 0 Å². The molecule has 162 valence electrons. The van der Waals surface area contributed by atoms with Crippen LogP contribution >= 0.6 is 0 Å². The minimum atomic E-state index is -0.964. The Balaban J connectivity index is 1.53. The third-order valence-electron chi connectivity index (χ3n) is 8.04. The van der Waals surface area contributed by atoms with Gasteiger partial charge in [0, 0.05) is 23.9 Å². The second-order valence-electron chi connectivity index (χ2n) is 9.73. The molecule has 1 saturated heterocycles. The molecule has 1 heterocycles. The van der Waals surface area contributed by atoms with E-state index in [1.807, 2.05) is 6.07 Å². The lowest BCUT2D eigenvalue weighted by Gasteiger charge is -2.59. The van der Waals surface area contributed by atoms with E-state index in [0.29, 0.717) is 12.8 Å². The van der Waals surface area contributed by atoms with Crippen molar-refractivity contribution in [1.82, 2.24) is 10.2 Å². The van der Waals surface area contributed by atoms with Crippen LogP contribution in [-0.4, -0.2) is 60.2 Å². The monoisotopic (exact) mass is 413 g/mol. The zero-order valence-electron chi connectivity index (χ0n) is 17.5. The lowest BCUT2D eigenvalue weighted by molar-refractivity contribution is -0.134. The summed E-state index contributed by atoms with van der Waals surface area (Å²) in [7, 11) is 1.66. The number of piperidine rings is 1. The number of ether oxygens (including phenoxy) is 1. The number of carbonyl (C=O) groups is 2. The molecule has 4 aliphatic rings. The number of nitrogens with two attached hydrogens (primary N) is 1. The van der Waals surface area contributed by atoms with Crippen LogP contribution in [-0.2, 0) is 21.4 Å². The fourth-order valence-electron chi connectivity index (χ4n) is 6.45. The predicted octanol–water partition coefficient (Wildman–Crippen LogP) is 0.716. The van der Waals surface area contributed by atoms with Gasteiger partial charge in [0.25, 0.3) is 0 Å². The number of carbonyl (C=O) groups excluding carboxylic acids is 2. The first kappa shape index (κ1) is 19.8. The van der Waals surface area contributed by atoms with Crippen molar-refractivity contribution in [3.63, 3.8) is 0 Å². The molecule has 7 heteroatoms. The minimum absolute atomic E-state index is 0.0154. The van der Waals surface area contributed by atoms with Crippen molar-refractivity contribution in [3.8, 4) is 5.75 Å². The average molecular weight is 414 g/mol. The molecule has 3 aliphatic carbocycles. The Kier molecular flexibility index (Phi) is 4.59. The third kappa shape index (κ3) is 2.94. The highest BCUT2D eigenvalue weighted by Crippen LogP contribution is 2.62. The highest BCUT2D eigenvalue weighted by atomic mass is 16.5. The van der Waals surface area contributed by atoms with Crippen molar-refractivity contribution in [2.45, 2.75) is 55.6 Å². The van der Waals surface area contributed by atoms with Crippen LogP contribution < -0.4 is 15.8 Å². The fourth-order valence-corrected chi connectivity index (χ4v) is 6.45. The Morgan fingerprint density at radius 3 is 2.83 bits per heavy atom. The van der Waals surface area contributed by atoms with Gasteiger partial charge in [-0.15, -0.1) is 0 Å². The molecule has 2 saturated carbocycles. The SMILES string of the molecule is COc1ccc2c(c1)[C@]13CCN(CC4CC4)[C@H](C2)[C@]1(O)C[C@H](C(=O)NCC(N)=O)C3. The maximum Gasteiger partial charge on any atom is 0.236 e. The van der Waals surface area contributed by atoms with Gasteiger partial charge in [0.15, 0.2) is 0 Å². The van der Waals surface area contributed by atoms with Gasteiger partial charge in [-0.25, -0.2) is 0 Å². The van der Waals surface area contributed by atoms with E-state index in [0.717, 1.165) is 43.2 Å². The molecule has 0 unspecified atom stereocenters. The molecule has 7 nitrogen and oxygen atoms in total. The zero-order chi connectivity index (χ0) is 21.1. The highest BCUT2D eigenvalue weighted by Gasteiger charge is 2.68. The van der Waals surface area contributed by atoms with E-state index in [1.165, 1.54) is 18.4 Å². The van der Waals surface area contributed by atoms with E-state index in [9.17, 15) is 14.7 Å². The van der Waals surface area contributed by atoms with Crippen LogP contribution in [0.15, 0.2) is 18.2 Å². The zero-order valence-corrected chi connectivity index (χ0v) is 17.5. The lowest BCUT2D eigenvalue weighted by atomic mass is 9.56. The topological polar surface area (TPSA) is 105 Å². The van der Waals surface area contributed by atoms with Crippen molar-refractivity contribution in [3.05, 3.63) is 29.3 Å².